The molecule has 0 fully saturated rings. The van der Waals surface area contributed by atoms with E-state index in [4.69, 9.17) is 0 Å². The Kier molecular flexibility index (Phi) is 6.06. The van der Waals surface area contributed by atoms with E-state index in [0.29, 0.717) is 0 Å². The highest BCUT2D eigenvalue weighted by Gasteiger charge is 2.11. The quantitative estimate of drug-likeness (QED) is 0.225. The predicted octanol–water partition coefficient (Wildman–Crippen LogP) is 5.97. The third kappa shape index (κ3) is 4.74. The SMILES string of the molecule is CSc1nc(NCCCc2ccc(-c3ccc(F)cc3)cc2)c2nc(C)sc2n1. The number of nitrogens with zero attached hydrogens (tertiary/aromatic N) is 3. The summed E-state index contributed by atoms with van der Waals surface area (Å²) in [6, 6.07) is 15.0. The molecular weight excluding hydrogens is 403 g/mol. The lowest BCUT2D eigenvalue weighted by Crippen LogP contribution is -2.06. The molecule has 0 radical (unpaired) electrons. The first-order valence-electron chi connectivity index (χ1n) is 9.40. The van der Waals surface area contributed by atoms with Crippen molar-refractivity contribution < 1.29 is 4.39 Å². The zero-order valence-corrected chi connectivity index (χ0v) is 17.9. The van der Waals surface area contributed by atoms with E-state index in [1.807, 2.05) is 13.2 Å². The topological polar surface area (TPSA) is 50.7 Å². The van der Waals surface area contributed by atoms with Crippen LogP contribution in [0.15, 0.2) is 53.7 Å². The van der Waals surface area contributed by atoms with Crippen LogP contribution >= 0.6 is 23.1 Å². The average Bonchev–Trinajstić information content (AvgIpc) is 3.12. The lowest BCUT2D eigenvalue weighted by molar-refractivity contribution is 0.628. The molecule has 4 aromatic rings. The summed E-state index contributed by atoms with van der Waals surface area (Å²) in [4.78, 5) is 14.6. The van der Waals surface area contributed by atoms with Crippen LogP contribution in [0.1, 0.15) is 17.0 Å². The summed E-state index contributed by atoms with van der Waals surface area (Å²) in [7, 11) is 0. The summed E-state index contributed by atoms with van der Waals surface area (Å²) in [5.41, 5.74) is 4.25. The standard InChI is InChI=1S/C22H21FN4S2/c1-14-25-19-20(26-22(28-2)27-21(19)29-14)24-13-3-4-15-5-7-16(8-6-15)17-9-11-18(23)12-10-17/h5-12H,3-4,13H2,1-2H3,(H,24,26,27). The molecule has 0 saturated heterocycles. The van der Waals surface area contributed by atoms with Gasteiger partial charge in [-0.05, 0) is 54.8 Å². The second-order valence-electron chi connectivity index (χ2n) is 6.68. The molecule has 0 aliphatic heterocycles. The van der Waals surface area contributed by atoms with Crippen LogP contribution < -0.4 is 5.32 Å². The van der Waals surface area contributed by atoms with Crippen molar-refractivity contribution in [1.29, 1.82) is 0 Å². The first-order valence-corrected chi connectivity index (χ1v) is 11.4. The minimum Gasteiger partial charge on any atom is -0.368 e. The van der Waals surface area contributed by atoms with E-state index in [2.05, 4.69) is 44.5 Å². The fourth-order valence-electron chi connectivity index (χ4n) is 3.13. The fraction of sp³-hybridized carbons (Fsp3) is 0.227. The lowest BCUT2D eigenvalue weighted by Gasteiger charge is -2.08. The van der Waals surface area contributed by atoms with Crippen LogP contribution in [0.25, 0.3) is 21.5 Å². The summed E-state index contributed by atoms with van der Waals surface area (Å²) in [6.07, 6.45) is 3.93. The van der Waals surface area contributed by atoms with Gasteiger partial charge in [-0.2, -0.15) is 0 Å². The van der Waals surface area contributed by atoms with Gasteiger partial charge in [0.25, 0.3) is 0 Å². The van der Waals surface area contributed by atoms with E-state index in [9.17, 15) is 4.39 Å². The summed E-state index contributed by atoms with van der Waals surface area (Å²) in [6.45, 7) is 2.81. The molecule has 0 saturated carbocycles. The Labute approximate surface area is 177 Å². The van der Waals surface area contributed by atoms with Crippen LogP contribution in [0.4, 0.5) is 10.2 Å². The summed E-state index contributed by atoms with van der Waals surface area (Å²) in [5.74, 6) is 0.603. The van der Waals surface area contributed by atoms with E-state index >= 15 is 0 Å². The molecule has 2 heterocycles. The normalized spacial score (nSPS) is 11.1. The molecule has 2 aromatic heterocycles. The van der Waals surface area contributed by atoms with Gasteiger partial charge in [-0.3, -0.25) is 0 Å². The summed E-state index contributed by atoms with van der Waals surface area (Å²) in [5, 5.41) is 5.19. The van der Waals surface area contributed by atoms with Crippen LogP contribution in [0.2, 0.25) is 0 Å². The van der Waals surface area contributed by atoms with Gasteiger partial charge >= 0.3 is 0 Å². The number of fused-ring (bicyclic) bond motifs is 1. The number of aryl methyl sites for hydroxylation is 2. The second kappa shape index (κ2) is 8.88. The van der Waals surface area contributed by atoms with E-state index in [0.717, 1.165) is 56.8 Å². The monoisotopic (exact) mass is 424 g/mol. The van der Waals surface area contributed by atoms with Crippen molar-refractivity contribution in [1.82, 2.24) is 15.0 Å². The highest BCUT2D eigenvalue weighted by molar-refractivity contribution is 7.98. The van der Waals surface area contributed by atoms with Gasteiger partial charge in [-0.1, -0.05) is 59.5 Å². The molecule has 148 valence electrons. The Morgan fingerprint density at radius 3 is 2.34 bits per heavy atom. The minimum absolute atomic E-state index is 0.212. The molecule has 0 aliphatic carbocycles. The van der Waals surface area contributed by atoms with Gasteiger partial charge in [-0.25, -0.2) is 19.3 Å². The van der Waals surface area contributed by atoms with Gasteiger partial charge in [0.05, 0.1) is 5.01 Å². The zero-order valence-electron chi connectivity index (χ0n) is 16.3. The van der Waals surface area contributed by atoms with Crippen LogP contribution in [0.3, 0.4) is 0 Å². The van der Waals surface area contributed by atoms with Crippen molar-refractivity contribution in [2.24, 2.45) is 0 Å². The molecule has 7 heteroatoms. The Balaban J connectivity index is 1.36. The number of benzene rings is 2. The zero-order chi connectivity index (χ0) is 20.2. The van der Waals surface area contributed by atoms with E-state index in [-0.39, 0.29) is 5.82 Å². The summed E-state index contributed by atoms with van der Waals surface area (Å²) < 4.78 is 13.1. The highest BCUT2D eigenvalue weighted by Crippen LogP contribution is 2.27. The largest absolute Gasteiger partial charge is 0.368 e. The van der Waals surface area contributed by atoms with Gasteiger partial charge in [0.2, 0.25) is 0 Å². The first-order chi connectivity index (χ1) is 14.1. The van der Waals surface area contributed by atoms with Crippen LogP contribution in [0.5, 0.6) is 0 Å². The Morgan fingerprint density at radius 1 is 0.966 bits per heavy atom. The molecule has 4 nitrogen and oxygen atoms in total. The van der Waals surface area contributed by atoms with E-state index < -0.39 is 0 Å². The van der Waals surface area contributed by atoms with Crippen LogP contribution in [-0.2, 0) is 6.42 Å². The van der Waals surface area contributed by atoms with Crippen LogP contribution in [-0.4, -0.2) is 27.8 Å². The molecule has 0 spiro atoms. The number of halogens is 1. The Bertz CT molecular complexity index is 1110. The van der Waals surface area contributed by atoms with Crippen molar-refractivity contribution in [2.75, 3.05) is 18.1 Å². The molecule has 0 atom stereocenters. The molecule has 2 aromatic carbocycles. The van der Waals surface area contributed by atoms with Gasteiger partial charge < -0.3 is 5.32 Å². The molecule has 0 aliphatic rings. The molecule has 29 heavy (non-hydrogen) atoms. The first kappa shape index (κ1) is 19.8. The lowest BCUT2D eigenvalue weighted by atomic mass is 10.0. The average molecular weight is 425 g/mol. The van der Waals surface area contributed by atoms with Crippen molar-refractivity contribution in [3.8, 4) is 11.1 Å². The molecule has 1 N–H and O–H groups in total. The molecular formula is C22H21FN4S2. The van der Waals surface area contributed by atoms with Crippen molar-refractivity contribution in [3.05, 3.63) is 64.9 Å². The number of rotatable bonds is 7. The van der Waals surface area contributed by atoms with E-state index in [1.54, 1.807) is 23.5 Å². The fourth-order valence-corrected chi connectivity index (χ4v) is 4.34. The number of aromatic nitrogens is 3. The molecule has 0 unspecified atom stereocenters. The smallest absolute Gasteiger partial charge is 0.190 e. The number of hydrogen-bond acceptors (Lipinski definition) is 6. The number of anilines is 1. The maximum Gasteiger partial charge on any atom is 0.190 e. The summed E-state index contributed by atoms with van der Waals surface area (Å²) >= 11 is 3.14. The number of thiazole rings is 1. The van der Waals surface area contributed by atoms with Gasteiger partial charge in [-0.15, -0.1) is 0 Å². The number of nitrogens with one attached hydrogen (secondary N) is 1. The molecule has 0 amide bonds. The van der Waals surface area contributed by atoms with Gasteiger partial charge in [0, 0.05) is 6.54 Å². The Morgan fingerprint density at radius 2 is 1.66 bits per heavy atom. The predicted molar refractivity (Wildman–Crippen MR) is 120 cm³/mol. The number of thioether (sulfide) groups is 1. The van der Waals surface area contributed by atoms with Crippen LogP contribution in [0, 0.1) is 12.7 Å². The molecule has 4 rings (SSSR count). The van der Waals surface area contributed by atoms with E-state index in [1.165, 1.54) is 29.5 Å². The van der Waals surface area contributed by atoms with Crippen molar-refractivity contribution in [3.63, 3.8) is 0 Å². The third-order valence-electron chi connectivity index (χ3n) is 4.59. The maximum atomic E-state index is 13.1. The maximum absolute atomic E-state index is 13.1. The third-order valence-corrected chi connectivity index (χ3v) is 6.01. The van der Waals surface area contributed by atoms with Gasteiger partial charge in [0.1, 0.15) is 16.2 Å². The number of hydrogen-bond donors (Lipinski definition) is 1. The van der Waals surface area contributed by atoms with Crippen molar-refractivity contribution >= 4 is 39.3 Å². The minimum atomic E-state index is -0.212. The Hall–Kier alpha value is -2.51. The highest BCUT2D eigenvalue weighted by atomic mass is 32.2. The molecule has 0 bridgehead atoms. The van der Waals surface area contributed by atoms with Gasteiger partial charge in [0.15, 0.2) is 11.0 Å². The second-order valence-corrected chi connectivity index (χ2v) is 8.63. The van der Waals surface area contributed by atoms with Crippen molar-refractivity contribution in [2.45, 2.75) is 24.9 Å².